The summed E-state index contributed by atoms with van der Waals surface area (Å²) in [6, 6.07) is 6.89. The lowest BCUT2D eigenvalue weighted by Crippen LogP contribution is -2.29. The monoisotopic (exact) mass is 287 g/mol. The second kappa shape index (κ2) is 9.56. The van der Waals surface area contributed by atoms with Crippen LogP contribution in [0.2, 0.25) is 0 Å². The highest BCUT2D eigenvalue weighted by Crippen LogP contribution is 2.15. The van der Waals surface area contributed by atoms with E-state index in [1.165, 1.54) is 0 Å². The molecule has 0 fully saturated rings. The van der Waals surface area contributed by atoms with Crippen LogP contribution >= 0.6 is 0 Å². The van der Waals surface area contributed by atoms with Crippen LogP contribution in [-0.4, -0.2) is 24.9 Å². The molecule has 1 aromatic carbocycles. The summed E-state index contributed by atoms with van der Waals surface area (Å²) >= 11 is 0. The fraction of sp³-hybridized carbons (Fsp3) is 0.375. The minimum absolute atomic E-state index is 0.119. The molecule has 0 aromatic heterocycles. The number of para-hydroxylation sites is 1. The summed E-state index contributed by atoms with van der Waals surface area (Å²) in [4.78, 5) is 23.8. The first-order chi connectivity index (χ1) is 10.2. The molecule has 1 aromatic rings. The van der Waals surface area contributed by atoms with Crippen LogP contribution in [0.1, 0.15) is 36.0 Å². The van der Waals surface area contributed by atoms with Crippen LogP contribution in [0.5, 0.6) is 0 Å². The van der Waals surface area contributed by atoms with Gasteiger partial charge in [-0.2, -0.15) is 0 Å². The van der Waals surface area contributed by atoms with Crippen molar-refractivity contribution >= 4 is 17.5 Å². The second-order valence-corrected chi connectivity index (χ2v) is 4.55. The number of rotatable bonds is 8. The molecule has 112 valence electrons. The van der Waals surface area contributed by atoms with Gasteiger partial charge in [-0.15, -0.1) is 12.3 Å². The first kappa shape index (κ1) is 16.7. The molecule has 0 unspecified atom stereocenters. The number of amides is 2. The number of carbonyl (C=O) groups is 2. The lowest BCUT2D eigenvalue weighted by atomic mass is 10.1. The average Bonchev–Trinajstić information content (AvgIpc) is 2.50. The predicted octanol–water partition coefficient (Wildman–Crippen LogP) is 1.51. The Morgan fingerprint density at radius 1 is 1.24 bits per heavy atom. The molecule has 0 spiro atoms. The molecule has 0 aliphatic heterocycles. The number of nitrogens with two attached hydrogens (primary N) is 1. The van der Waals surface area contributed by atoms with E-state index in [4.69, 9.17) is 12.2 Å². The van der Waals surface area contributed by atoms with Crippen LogP contribution in [0.4, 0.5) is 5.69 Å². The molecular weight excluding hydrogens is 266 g/mol. The predicted molar refractivity (Wildman–Crippen MR) is 83.8 cm³/mol. The molecule has 2 amide bonds. The Labute approximate surface area is 125 Å². The van der Waals surface area contributed by atoms with E-state index in [1.54, 1.807) is 24.3 Å². The third-order valence-corrected chi connectivity index (χ3v) is 2.85. The van der Waals surface area contributed by atoms with Gasteiger partial charge in [0.2, 0.25) is 5.91 Å². The third-order valence-electron chi connectivity index (χ3n) is 2.85. The zero-order valence-corrected chi connectivity index (χ0v) is 12.0. The van der Waals surface area contributed by atoms with Crippen molar-refractivity contribution in [1.29, 1.82) is 0 Å². The van der Waals surface area contributed by atoms with E-state index >= 15 is 0 Å². The molecule has 0 heterocycles. The summed E-state index contributed by atoms with van der Waals surface area (Å²) in [6.45, 7) is 0.767. The lowest BCUT2D eigenvalue weighted by Gasteiger charge is -2.11. The Morgan fingerprint density at radius 3 is 2.71 bits per heavy atom. The van der Waals surface area contributed by atoms with E-state index < -0.39 is 0 Å². The van der Waals surface area contributed by atoms with Gasteiger partial charge < -0.3 is 16.4 Å². The first-order valence-corrected chi connectivity index (χ1v) is 6.99. The van der Waals surface area contributed by atoms with E-state index in [2.05, 4.69) is 16.6 Å². The van der Waals surface area contributed by atoms with Crippen molar-refractivity contribution < 1.29 is 9.59 Å². The Balaban J connectivity index is 2.60. The van der Waals surface area contributed by atoms with Gasteiger partial charge in [-0.25, -0.2) is 0 Å². The summed E-state index contributed by atoms with van der Waals surface area (Å²) in [6.07, 6.45) is 7.78. The SMILES string of the molecule is C#CCCCCC(=O)Nc1ccccc1C(=O)NCCN. The molecule has 0 saturated heterocycles. The Hall–Kier alpha value is -2.32. The number of benzene rings is 1. The smallest absolute Gasteiger partial charge is 0.253 e. The van der Waals surface area contributed by atoms with Gasteiger partial charge in [0, 0.05) is 25.9 Å². The van der Waals surface area contributed by atoms with Crippen molar-refractivity contribution in [3.05, 3.63) is 29.8 Å². The number of terminal acetylenes is 1. The zero-order valence-electron chi connectivity index (χ0n) is 12.0. The van der Waals surface area contributed by atoms with E-state index in [1.807, 2.05) is 0 Å². The maximum absolute atomic E-state index is 12.0. The number of hydrogen-bond donors (Lipinski definition) is 3. The van der Waals surface area contributed by atoms with E-state index in [-0.39, 0.29) is 11.8 Å². The van der Waals surface area contributed by atoms with Gasteiger partial charge in [-0.3, -0.25) is 9.59 Å². The molecule has 0 saturated carbocycles. The van der Waals surface area contributed by atoms with Crippen molar-refractivity contribution in [3.63, 3.8) is 0 Å². The van der Waals surface area contributed by atoms with E-state index in [0.29, 0.717) is 37.2 Å². The van der Waals surface area contributed by atoms with Gasteiger partial charge in [-0.1, -0.05) is 12.1 Å². The van der Waals surface area contributed by atoms with E-state index in [0.717, 1.165) is 12.8 Å². The summed E-state index contributed by atoms with van der Waals surface area (Å²) in [7, 11) is 0. The summed E-state index contributed by atoms with van der Waals surface area (Å²) < 4.78 is 0. The molecule has 0 aliphatic rings. The minimum Gasteiger partial charge on any atom is -0.351 e. The molecule has 0 atom stereocenters. The van der Waals surface area contributed by atoms with Crippen LogP contribution in [0.15, 0.2) is 24.3 Å². The largest absolute Gasteiger partial charge is 0.351 e. The highest BCUT2D eigenvalue weighted by atomic mass is 16.2. The Bertz CT molecular complexity index is 520. The van der Waals surface area contributed by atoms with Crippen LogP contribution in [0, 0.1) is 12.3 Å². The third kappa shape index (κ3) is 6.11. The van der Waals surface area contributed by atoms with Crippen LogP contribution in [0.25, 0.3) is 0 Å². The summed E-state index contributed by atoms with van der Waals surface area (Å²) in [5.41, 5.74) is 6.30. The van der Waals surface area contributed by atoms with Crippen molar-refractivity contribution in [1.82, 2.24) is 5.32 Å². The van der Waals surface area contributed by atoms with Crippen molar-refractivity contribution in [2.75, 3.05) is 18.4 Å². The number of unbranched alkanes of at least 4 members (excludes halogenated alkanes) is 2. The number of hydrogen-bond acceptors (Lipinski definition) is 3. The average molecular weight is 287 g/mol. The Morgan fingerprint density at radius 2 is 2.00 bits per heavy atom. The zero-order chi connectivity index (χ0) is 15.5. The molecule has 5 heteroatoms. The molecule has 21 heavy (non-hydrogen) atoms. The standard InChI is InChI=1S/C16H21N3O2/c1-2-3-4-5-10-15(20)19-14-9-7-6-8-13(14)16(21)18-12-11-17/h1,6-9H,3-5,10-12,17H2,(H,18,21)(H,19,20). The van der Waals surface area contributed by atoms with Gasteiger partial charge in [0.05, 0.1) is 11.3 Å². The van der Waals surface area contributed by atoms with Gasteiger partial charge in [0.1, 0.15) is 0 Å². The number of anilines is 1. The van der Waals surface area contributed by atoms with Crippen molar-refractivity contribution in [2.45, 2.75) is 25.7 Å². The van der Waals surface area contributed by atoms with Crippen LogP contribution in [0.3, 0.4) is 0 Å². The normalized spacial score (nSPS) is 9.71. The van der Waals surface area contributed by atoms with Crippen molar-refractivity contribution in [2.24, 2.45) is 5.73 Å². The summed E-state index contributed by atoms with van der Waals surface area (Å²) in [5, 5.41) is 5.45. The highest BCUT2D eigenvalue weighted by molar-refractivity contribution is 6.03. The Kier molecular flexibility index (Phi) is 7.62. The molecule has 1 rings (SSSR count). The van der Waals surface area contributed by atoms with Gasteiger partial charge >= 0.3 is 0 Å². The molecule has 0 aliphatic carbocycles. The molecule has 5 nitrogen and oxygen atoms in total. The second-order valence-electron chi connectivity index (χ2n) is 4.55. The maximum atomic E-state index is 12.0. The molecule has 0 bridgehead atoms. The van der Waals surface area contributed by atoms with Crippen LogP contribution in [-0.2, 0) is 4.79 Å². The van der Waals surface area contributed by atoms with Crippen molar-refractivity contribution in [3.8, 4) is 12.3 Å². The van der Waals surface area contributed by atoms with Gasteiger partial charge in [0.25, 0.3) is 5.91 Å². The first-order valence-electron chi connectivity index (χ1n) is 6.99. The van der Waals surface area contributed by atoms with Gasteiger partial charge in [0.15, 0.2) is 0 Å². The highest BCUT2D eigenvalue weighted by Gasteiger charge is 2.12. The molecular formula is C16H21N3O2. The fourth-order valence-corrected chi connectivity index (χ4v) is 1.80. The quantitative estimate of drug-likeness (QED) is 0.500. The number of carbonyl (C=O) groups excluding carboxylic acids is 2. The molecule has 0 radical (unpaired) electrons. The topological polar surface area (TPSA) is 84.2 Å². The lowest BCUT2D eigenvalue weighted by molar-refractivity contribution is -0.116. The number of nitrogens with one attached hydrogen (secondary N) is 2. The van der Waals surface area contributed by atoms with Gasteiger partial charge in [-0.05, 0) is 25.0 Å². The van der Waals surface area contributed by atoms with Crippen LogP contribution < -0.4 is 16.4 Å². The maximum Gasteiger partial charge on any atom is 0.253 e. The van der Waals surface area contributed by atoms with E-state index in [9.17, 15) is 9.59 Å². The molecule has 4 N–H and O–H groups in total. The minimum atomic E-state index is -0.247. The fourth-order valence-electron chi connectivity index (χ4n) is 1.80. The summed E-state index contributed by atoms with van der Waals surface area (Å²) in [5.74, 6) is 2.17.